The van der Waals surface area contributed by atoms with Gasteiger partial charge in [0.15, 0.2) is 0 Å². The van der Waals surface area contributed by atoms with Gasteiger partial charge in [0, 0.05) is 110 Å². The number of fused-ring (bicyclic) bond motifs is 5. The van der Waals surface area contributed by atoms with Crippen molar-refractivity contribution in [1.29, 1.82) is 15.8 Å². The van der Waals surface area contributed by atoms with Gasteiger partial charge >= 0.3 is 0 Å². The summed E-state index contributed by atoms with van der Waals surface area (Å²) in [6.45, 7) is 35.5. The average Bonchev–Trinajstić information content (AvgIpc) is 4.30. The van der Waals surface area contributed by atoms with Gasteiger partial charge in [-0.1, -0.05) is 113 Å². The number of hydrogen-bond acceptors (Lipinski definition) is 10. The molecule has 10 aliphatic carbocycles. The Morgan fingerprint density at radius 1 is 0.512 bits per heavy atom. The Bertz CT molecular complexity index is 2180. The maximum atomic E-state index is 11.9. The summed E-state index contributed by atoms with van der Waals surface area (Å²) in [4.78, 5) is 31.2. The van der Waals surface area contributed by atoms with E-state index in [1.54, 1.807) is 0 Å². The van der Waals surface area contributed by atoms with E-state index in [0.29, 0.717) is 149 Å². The van der Waals surface area contributed by atoms with Gasteiger partial charge in [0.1, 0.15) is 12.1 Å². The molecule has 10 aliphatic rings. The first-order valence-electron chi connectivity index (χ1n) is 33.4. The smallest absolute Gasteiger partial charge is 0.136 e. The molecule has 84 heavy (non-hydrogen) atoms. The van der Waals surface area contributed by atoms with Gasteiger partial charge in [-0.3, -0.25) is 15.9 Å². The molecule has 22 atom stereocenters. The van der Waals surface area contributed by atoms with Crippen molar-refractivity contribution in [3.05, 3.63) is 29.2 Å². The standard InChI is InChI=1S/C15H22N.C15H23O.C14H23NO.C14H21NO.C13H24O2.CH3NO.2Y/c2*1-11-5-4-9-15(3)13(11)6-7-14(15)12(2)8-10-16;2*1-10(7-9-15)11-5-6-12-13(16)4-3-8-14(11,12)2;1-9(8-14)10-5-6-11-12(15)4-3-7-13(10,11)2;1-2-3;;/h1,12-14H,4-9H2,2-3H3;1,10,12-14H,4-9H2,2-3H3;10-13,16H,3-8H2,1-2H3;10-12H,3-8H2,1-2H3;9-12,14-15H,3-8H2,1-2H3;1H3;;/q2*-1;;;;;;/t2*12-,13?,14-,15+;10-,11-,12?,13+,14-;10-,11-,12?,14-;9-,10-,11?,12+,13-;;;/m11111.../s1. The van der Waals surface area contributed by atoms with Crippen LogP contribution in [0, 0.1) is 168 Å². The van der Waals surface area contributed by atoms with Gasteiger partial charge in [-0.05, 0) is 226 Å². The van der Waals surface area contributed by atoms with Crippen LogP contribution in [0.3, 0.4) is 0 Å². The molecule has 0 aliphatic heterocycles. The summed E-state index contributed by atoms with van der Waals surface area (Å²) in [5, 5.41) is 58.2. The van der Waals surface area contributed by atoms with Crippen LogP contribution in [0.2, 0.25) is 0 Å². The Kier molecular flexibility index (Phi) is 32.2. The molecule has 0 aromatic rings. The minimum Gasteiger partial charge on any atom is -0.514 e. The van der Waals surface area contributed by atoms with Crippen molar-refractivity contribution in [3.63, 3.8) is 0 Å². The molecule has 10 fully saturated rings. The van der Waals surface area contributed by atoms with Crippen molar-refractivity contribution in [3.8, 4) is 18.2 Å². The van der Waals surface area contributed by atoms with E-state index in [1.165, 1.54) is 102 Å². The van der Waals surface area contributed by atoms with Gasteiger partial charge in [-0.25, -0.2) is 0 Å². The predicted octanol–water partition coefficient (Wildman–Crippen LogP) is 16.9. The minimum atomic E-state index is -0.0852. The Hall–Kier alpha value is -1.02. The molecule has 12 heteroatoms. The molecule has 0 heterocycles. The molecule has 5 unspecified atom stereocenters. The number of aliphatic hydroxyl groups excluding tert-OH is 3. The molecule has 0 aromatic carbocycles. The monoisotopic (exact) mass is 1310 g/mol. The molecule has 468 valence electrons. The SMILES string of the molecule is CN=O.C[C@H](CC#N)[C@H]1CCC2C(=O)CCC[C@@]21C.C[C@H](CC#N)[C@H]1CCC2[C@@H](O)CCC[C@@]21C.C[C@H](CO)[C@H]1CCC2[C@@H](O)CCC[C@@]21C.[CH-]=C1CCC[C@@]2(C)C1CC[C@@H]2[C@H](C)CC#N.[CH-]=C1CCC[C@@]2(C)C1CC[C@@H]2[C@H](C)CC=O.[Y].[Y]. The maximum absolute atomic E-state index is 11.9. The maximum Gasteiger partial charge on any atom is 0.136 e. The predicted molar refractivity (Wildman–Crippen MR) is 330 cm³/mol. The zero-order valence-electron chi connectivity index (χ0n) is 54.8. The molecule has 10 rings (SSSR count). The normalized spacial score (nSPS) is 40.2. The van der Waals surface area contributed by atoms with E-state index < -0.39 is 0 Å². The van der Waals surface area contributed by atoms with Crippen LogP contribution in [0.1, 0.15) is 255 Å². The summed E-state index contributed by atoms with van der Waals surface area (Å²) >= 11 is 0. The van der Waals surface area contributed by atoms with Crippen molar-refractivity contribution in [2.45, 2.75) is 268 Å². The Balaban J connectivity index is 0.000000270. The number of ketones is 1. The first-order valence-corrected chi connectivity index (χ1v) is 33.4. The van der Waals surface area contributed by atoms with Gasteiger partial charge in [-0.2, -0.15) is 20.7 Å². The van der Waals surface area contributed by atoms with Gasteiger partial charge in [0.2, 0.25) is 0 Å². The minimum absolute atomic E-state index is 0. The van der Waals surface area contributed by atoms with E-state index in [2.05, 4.69) is 92.6 Å². The largest absolute Gasteiger partial charge is 0.514 e. The summed E-state index contributed by atoms with van der Waals surface area (Å²) < 4.78 is 0. The summed E-state index contributed by atoms with van der Waals surface area (Å²) in [6, 6.07) is 6.92. The van der Waals surface area contributed by atoms with Crippen LogP contribution in [-0.2, 0) is 75.0 Å². The molecule has 2 radical (unpaired) electrons. The van der Waals surface area contributed by atoms with E-state index in [9.17, 15) is 24.9 Å². The van der Waals surface area contributed by atoms with Crippen molar-refractivity contribution in [2.24, 2.45) is 121 Å². The summed E-state index contributed by atoms with van der Waals surface area (Å²) in [7, 11) is 1.19. The third kappa shape index (κ3) is 17.3. The average molecular weight is 1310 g/mol. The van der Waals surface area contributed by atoms with Crippen LogP contribution >= 0.6 is 0 Å². The Morgan fingerprint density at radius 3 is 1.19 bits per heavy atom. The molecule has 0 bridgehead atoms. The van der Waals surface area contributed by atoms with E-state index in [0.717, 1.165) is 83.3 Å². The summed E-state index contributed by atoms with van der Waals surface area (Å²) in [5.41, 5.74) is 4.03. The fraction of sp³-hybridized carbons (Fsp3) is 0.875. The van der Waals surface area contributed by atoms with Crippen LogP contribution in [-0.4, -0.2) is 53.3 Å². The second-order valence-electron chi connectivity index (χ2n) is 30.2. The van der Waals surface area contributed by atoms with Crippen LogP contribution in [0.25, 0.3) is 0 Å². The van der Waals surface area contributed by atoms with Crippen LogP contribution in [0.15, 0.2) is 16.3 Å². The molecule has 0 amide bonds. The number of hydrogen-bond donors (Lipinski definition) is 3. The Labute approximate surface area is 563 Å². The molecule has 0 saturated heterocycles. The van der Waals surface area contributed by atoms with Gasteiger partial charge in [0.05, 0.1) is 37.5 Å². The first-order chi connectivity index (χ1) is 38.9. The van der Waals surface area contributed by atoms with Crippen molar-refractivity contribution in [2.75, 3.05) is 13.7 Å². The van der Waals surface area contributed by atoms with Crippen molar-refractivity contribution >= 4 is 12.1 Å². The third-order valence-corrected chi connectivity index (χ3v) is 25.8. The second kappa shape index (κ2) is 35.0. The number of carbonyl (C=O) groups excluding carboxylic acids is 2. The number of allylic oxidation sites excluding steroid dienone is 2. The van der Waals surface area contributed by atoms with Crippen molar-refractivity contribution in [1.82, 2.24) is 0 Å². The fourth-order valence-electron chi connectivity index (χ4n) is 21.5. The number of carbonyl (C=O) groups is 2. The molecular formula is C72H116N4O6Y2-2. The zero-order chi connectivity index (χ0) is 60.8. The third-order valence-electron chi connectivity index (χ3n) is 25.8. The molecular weight excluding hydrogens is 1190 g/mol. The van der Waals surface area contributed by atoms with E-state index in [1.807, 2.05) is 0 Å². The number of Topliss-reactive ketones (excluding diaryl/α,β-unsaturated/α-hetero) is 1. The van der Waals surface area contributed by atoms with Gasteiger partial charge in [-0.15, -0.1) is 0 Å². The van der Waals surface area contributed by atoms with Crippen molar-refractivity contribution < 1.29 is 90.3 Å². The molecule has 0 spiro atoms. The number of nitriles is 3. The first kappa shape index (κ1) is 77.2. The van der Waals surface area contributed by atoms with E-state index in [-0.39, 0.29) is 83.0 Å². The second-order valence-corrected chi connectivity index (χ2v) is 30.2. The summed E-state index contributed by atoms with van der Waals surface area (Å²) in [6.07, 6.45) is 32.7. The number of rotatable bonds is 11. The topological polar surface area (TPSA) is 196 Å². The number of nitrogens with zero attached hydrogens (tertiary/aromatic N) is 4. The molecule has 3 N–H and O–H groups in total. The summed E-state index contributed by atoms with van der Waals surface area (Å²) in [5.74, 6) is 8.66. The molecule has 10 nitrogen and oxygen atoms in total. The fourth-order valence-corrected chi connectivity index (χ4v) is 21.5. The number of aldehydes is 1. The quantitative estimate of drug-likeness (QED) is 0.102. The molecule has 0 aromatic heterocycles. The Morgan fingerprint density at radius 2 is 0.821 bits per heavy atom. The number of aliphatic hydroxyl groups is 3. The van der Waals surface area contributed by atoms with Crippen LogP contribution in [0.4, 0.5) is 0 Å². The number of nitroso groups, excluding NO2 is 1. The van der Waals surface area contributed by atoms with Crippen LogP contribution < -0.4 is 0 Å². The van der Waals surface area contributed by atoms with E-state index >= 15 is 0 Å². The van der Waals surface area contributed by atoms with E-state index in [4.69, 9.17) is 33.9 Å². The van der Waals surface area contributed by atoms with Gasteiger partial charge < -0.3 is 33.3 Å². The van der Waals surface area contributed by atoms with Crippen LogP contribution in [0.5, 0.6) is 0 Å². The zero-order valence-corrected chi connectivity index (χ0v) is 60.4. The van der Waals surface area contributed by atoms with Gasteiger partial charge in [0.25, 0.3) is 0 Å². The molecule has 10 saturated carbocycles.